The first kappa shape index (κ1) is 15.5. The number of hydrogen-bond acceptors (Lipinski definition) is 3. The predicted molar refractivity (Wildman–Crippen MR) is 74.7 cm³/mol. The molecule has 0 aromatic carbocycles. The third-order valence-electron chi connectivity index (χ3n) is 3.52. The summed E-state index contributed by atoms with van der Waals surface area (Å²) in [6, 6.07) is 0. The topological polar surface area (TPSA) is 50.1 Å². The van der Waals surface area contributed by atoms with Gasteiger partial charge in [0.15, 0.2) is 0 Å². The summed E-state index contributed by atoms with van der Waals surface area (Å²) in [5.41, 5.74) is 1.95. The van der Waals surface area contributed by atoms with Crippen LogP contribution in [0.15, 0.2) is 0 Å². The van der Waals surface area contributed by atoms with Crippen molar-refractivity contribution in [1.82, 2.24) is 15.1 Å². The van der Waals surface area contributed by atoms with Crippen LogP contribution in [0.25, 0.3) is 0 Å². The molecule has 0 saturated carbocycles. The number of aliphatic hydroxyl groups excluding tert-OH is 1. The Hall–Kier alpha value is -0.580. The zero-order valence-electron chi connectivity index (χ0n) is 11.7. The molecule has 18 heavy (non-hydrogen) atoms. The second kappa shape index (κ2) is 7.12. The molecule has 1 unspecified atom stereocenters. The van der Waals surface area contributed by atoms with E-state index in [1.54, 1.807) is 4.68 Å². The van der Waals surface area contributed by atoms with Gasteiger partial charge < -0.3 is 10.4 Å². The van der Waals surface area contributed by atoms with Crippen LogP contribution < -0.4 is 5.32 Å². The van der Waals surface area contributed by atoms with Crippen molar-refractivity contribution < 1.29 is 5.11 Å². The summed E-state index contributed by atoms with van der Waals surface area (Å²) in [4.78, 5) is 0. The minimum atomic E-state index is -0.296. The number of aromatic nitrogens is 2. The van der Waals surface area contributed by atoms with Crippen molar-refractivity contribution in [3.05, 3.63) is 16.4 Å². The Morgan fingerprint density at radius 3 is 2.44 bits per heavy atom. The number of nitrogens with zero attached hydrogens (tertiary/aromatic N) is 2. The highest BCUT2D eigenvalue weighted by Gasteiger charge is 2.16. The highest BCUT2D eigenvalue weighted by molar-refractivity contribution is 6.30. The van der Waals surface area contributed by atoms with Crippen LogP contribution in [-0.2, 0) is 13.6 Å². The lowest BCUT2D eigenvalue weighted by atomic mass is 9.96. The van der Waals surface area contributed by atoms with Gasteiger partial charge >= 0.3 is 0 Å². The molecule has 0 saturated heterocycles. The second-order valence-electron chi connectivity index (χ2n) is 4.75. The van der Waals surface area contributed by atoms with Crippen molar-refractivity contribution >= 4 is 11.6 Å². The lowest BCUT2D eigenvalue weighted by Crippen LogP contribution is -2.32. The van der Waals surface area contributed by atoms with E-state index in [-0.39, 0.29) is 6.10 Å². The predicted octanol–water partition coefficient (Wildman–Crippen LogP) is 2.27. The summed E-state index contributed by atoms with van der Waals surface area (Å²) in [6.45, 7) is 7.41. The molecule has 1 aromatic rings. The summed E-state index contributed by atoms with van der Waals surface area (Å²) in [7, 11) is 1.83. The number of aliphatic hydroxyl groups is 1. The number of nitrogens with one attached hydrogen (secondary N) is 1. The second-order valence-corrected chi connectivity index (χ2v) is 5.11. The van der Waals surface area contributed by atoms with Gasteiger partial charge in [0.05, 0.1) is 11.8 Å². The molecule has 0 aliphatic rings. The Morgan fingerprint density at radius 2 is 2.00 bits per heavy atom. The largest absolute Gasteiger partial charge is 0.392 e. The first-order valence-electron chi connectivity index (χ1n) is 6.57. The van der Waals surface area contributed by atoms with Gasteiger partial charge in [0.2, 0.25) is 0 Å². The maximum Gasteiger partial charge on any atom is 0.131 e. The maximum absolute atomic E-state index is 10.0. The Balaban J connectivity index is 2.46. The number of aryl methyl sites for hydroxylation is 2. The molecule has 1 heterocycles. The zero-order valence-corrected chi connectivity index (χ0v) is 12.5. The molecule has 2 N–H and O–H groups in total. The van der Waals surface area contributed by atoms with E-state index in [0.717, 1.165) is 24.1 Å². The van der Waals surface area contributed by atoms with Crippen LogP contribution in [0.5, 0.6) is 0 Å². The van der Waals surface area contributed by atoms with Crippen molar-refractivity contribution in [2.75, 3.05) is 6.54 Å². The Morgan fingerprint density at radius 1 is 1.39 bits per heavy atom. The number of rotatable bonds is 7. The molecule has 0 radical (unpaired) electrons. The van der Waals surface area contributed by atoms with Gasteiger partial charge in [-0.3, -0.25) is 4.68 Å². The highest BCUT2D eigenvalue weighted by atomic mass is 35.5. The number of halogens is 1. The average molecular weight is 274 g/mol. The quantitative estimate of drug-likeness (QED) is 0.801. The molecule has 0 fully saturated rings. The van der Waals surface area contributed by atoms with E-state index in [9.17, 15) is 5.11 Å². The fraction of sp³-hybridized carbons (Fsp3) is 0.769. The van der Waals surface area contributed by atoms with Gasteiger partial charge in [0.1, 0.15) is 5.15 Å². The summed E-state index contributed by atoms with van der Waals surface area (Å²) < 4.78 is 1.67. The van der Waals surface area contributed by atoms with Crippen LogP contribution in [0.3, 0.4) is 0 Å². The normalized spacial score (nSPS) is 13.3. The fourth-order valence-corrected chi connectivity index (χ4v) is 2.46. The molecule has 5 heteroatoms. The molecular weight excluding hydrogens is 250 g/mol. The fourth-order valence-electron chi connectivity index (χ4n) is 2.22. The van der Waals surface area contributed by atoms with Crippen LogP contribution in [0, 0.1) is 12.8 Å². The van der Waals surface area contributed by atoms with Gasteiger partial charge in [0, 0.05) is 25.7 Å². The van der Waals surface area contributed by atoms with Gasteiger partial charge in [0.25, 0.3) is 0 Å². The van der Waals surface area contributed by atoms with Crippen LogP contribution in [0.2, 0.25) is 5.15 Å². The minimum Gasteiger partial charge on any atom is -0.392 e. The lowest BCUT2D eigenvalue weighted by Gasteiger charge is -2.20. The minimum absolute atomic E-state index is 0.296. The highest BCUT2D eigenvalue weighted by Crippen LogP contribution is 2.18. The Bertz CT molecular complexity index is 375. The first-order chi connectivity index (χ1) is 8.51. The third kappa shape index (κ3) is 3.70. The van der Waals surface area contributed by atoms with E-state index in [1.165, 1.54) is 0 Å². The van der Waals surface area contributed by atoms with Crippen molar-refractivity contribution in [3.63, 3.8) is 0 Å². The molecule has 1 atom stereocenters. The SMILES string of the molecule is CCC(CC)C(O)CNCc1c(C)nn(C)c1Cl. The summed E-state index contributed by atoms with van der Waals surface area (Å²) in [5.74, 6) is 0.364. The monoisotopic (exact) mass is 273 g/mol. The van der Waals surface area contributed by atoms with Gasteiger partial charge in [-0.25, -0.2) is 0 Å². The number of hydrogen-bond donors (Lipinski definition) is 2. The molecule has 4 nitrogen and oxygen atoms in total. The van der Waals surface area contributed by atoms with Crippen molar-refractivity contribution in [3.8, 4) is 0 Å². The van der Waals surface area contributed by atoms with E-state index in [2.05, 4.69) is 24.3 Å². The van der Waals surface area contributed by atoms with Gasteiger partial charge in [-0.2, -0.15) is 5.10 Å². The maximum atomic E-state index is 10.0. The van der Waals surface area contributed by atoms with Crippen LogP contribution in [0.4, 0.5) is 0 Å². The molecule has 1 aromatic heterocycles. The third-order valence-corrected chi connectivity index (χ3v) is 3.99. The average Bonchev–Trinajstić information content (AvgIpc) is 2.57. The Labute approximate surface area is 114 Å². The summed E-state index contributed by atoms with van der Waals surface area (Å²) in [5, 5.41) is 18.2. The summed E-state index contributed by atoms with van der Waals surface area (Å²) in [6.07, 6.45) is 1.72. The molecular formula is C13H24ClN3O. The van der Waals surface area contributed by atoms with E-state index in [0.29, 0.717) is 24.2 Å². The van der Waals surface area contributed by atoms with Crippen molar-refractivity contribution in [1.29, 1.82) is 0 Å². The van der Waals surface area contributed by atoms with Crippen LogP contribution in [-0.4, -0.2) is 27.5 Å². The molecule has 104 valence electrons. The van der Waals surface area contributed by atoms with Gasteiger partial charge in [-0.05, 0) is 12.8 Å². The molecule has 0 aliphatic carbocycles. The molecule has 0 bridgehead atoms. The molecule has 0 spiro atoms. The van der Waals surface area contributed by atoms with Crippen LogP contribution >= 0.6 is 11.6 Å². The zero-order chi connectivity index (χ0) is 13.7. The van der Waals surface area contributed by atoms with Crippen LogP contribution in [0.1, 0.15) is 37.9 Å². The molecule has 0 aliphatic heterocycles. The first-order valence-corrected chi connectivity index (χ1v) is 6.95. The Kier molecular flexibility index (Phi) is 6.12. The van der Waals surface area contributed by atoms with Crippen molar-refractivity contribution in [2.24, 2.45) is 13.0 Å². The molecule has 1 rings (SSSR count). The van der Waals surface area contributed by atoms with Crippen molar-refractivity contribution in [2.45, 2.75) is 46.3 Å². The lowest BCUT2D eigenvalue weighted by molar-refractivity contribution is 0.101. The van der Waals surface area contributed by atoms with E-state index >= 15 is 0 Å². The van der Waals surface area contributed by atoms with E-state index < -0.39 is 0 Å². The van der Waals surface area contributed by atoms with Gasteiger partial charge in [-0.15, -0.1) is 0 Å². The standard InChI is InChI=1S/C13H24ClN3O/c1-5-10(6-2)12(18)8-15-7-11-9(3)16-17(4)13(11)14/h10,12,15,18H,5-8H2,1-4H3. The smallest absolute Gasteiger partial charge is 0.131 e. The van der Waals surface area contributed by atoms with Gasteiger partial charge in [-0.1, -0.05) is 38.3 Å². The van der Waals surface area contributed by atoms with E-state index in [1.807, 2.05) is 14.0 Å². The summed E-state index contributed by atoms with van der Waals surface area (Å²) >= 11 is 6.14. The molecule has 0 amide bonds. The van der Waals surface area contributed by atoms with E-state index in [4.69, 9.17) is 11.6 Å².